The van der Waals surface area contributed by atoms with Gasteiger partial charge in [0.25, 0.3) is 0 Å². The first-order chi connectivity index (χ1) is 14.3. The van der Waals surface area contributed by atoms with Gasteiger partial charge in [0.2, 0.25) is 15.9 Å². The van der Waals surface area contributed by atoms with Gasteiger partial charge in [0, 0.05) is 38.7 Å². The third-order valence-electron chi connectivity index (χ3n) is 4.54. The number of aromatic nitrogens is 2. The van der Waals surface area contributed by atoms with Crippen LogP contribution in [0.3, 0.4) is 0 Å². The number of carbonyl (C=O) groups excluding carboxylic acids is 1. The molecule has 0 radical (unpaired) electrons. The van der Waals surface area contributed by atoms with Crippen LogP contribution in [0, 0.1) is 5.82 Å². The van der Waals surface area contributed by atoms with Crippen LogP contribution in [0.4, 0.5) is 4.39 Å². The maximum atomic E-state index is 13.3. The van der Waals surface area contributed by atoms with Crippen LogP contribution in [0.5, 0.6) is 0 Å². The Hall–Kier alpha value is -3.04. The van der Waals surface area contributed by atoms with Gasteiger partial charge in [-0.05, 0) is 35.9 Å². The van der Waals surface area contributed by atoms with Gasteiger partial charge in [-0.25, -0.2) is 22.5 Å². The predicted octanol–water partition coefficient (Wildman–Crippen LogP) is 2.38. The lowest BCUT2D eigenvalue weighted by Gasteiger charge is -2.05. The predicted molar refractivity (Wildman–Crippen MR) is 114 cm³/mol. The molecule has 30 heavy (non-hydrogen) atoms. The van der Waals surface area contributed by atoms with Gasteiger partial charge in [0.15, 0.2) is 0 Å². The summed E-state index contributed by atoms with van der Waals surface area (Å²) in [6.45, 7) is 2.40. The summed E-state index contributed by atoms with van der Waals surface area (Å²) < 4.78 is 41.5. The molecule has 7 nitrogen and oxygen atoms in total. The molecule has 1 aromatic heterocycles. The topological polar surface area (TPSA) is 93.1 Å². The van der Waals surface area contributed by atoms with E-state index in [0.717, 1.165) is 11.3 Å². The van der Waals surface area contributed by atoms with Crippen molar-refractivity contribution in [1.29, 1.82) is 0 Å². The average Bonchev–Trinajstić information content (AvgIpc) is 3.01. The van der Waals surface area contributed by atoms with Crippen molar-refractivity contribution >= 4 is 33.0 Å². The molecule has 0 aliphatic carbocycles. The van der Waals surface area contributed by atoms with Gasteiger partial charge in [-0.3, -0.25) is 4.79 Å². The molecule has 158 valence electrons. The van der Waals surface area contributed by atoms with E-state index in [1.807, 2.05) is 11.6 Å². The SMILES string of the molecule is CCNS(=O)(=O)c1ccc(/C=C/C(=O)NCCc2nc3cc(F)ccc3n2C)cc1. The lowest BCUT2D eigenvalue weighted by atomic mass is 10.2. The minimum absolute atomic E-state index is 0.174. The number of nitrogens with zero attached hydrogens (tertiary/aromatic N) is 2. The second-order valence-electron chi connectivity index (χ2n) is 6.66. The molecule has 0 aliphatic rings. The Kier molecular flexibility index (Phi) is 6.63. The van der Waals surface area contributed by atoms with Gasteiger partial charge < -0.3 is 9.88 Å². The fraction of sp³-hybridized carbons (Fsp3) is 0.238. The highest BCUT2D eigenvalue weighted by molar-refractivity contribution is 7.89. The summed E-state index contributed by atoms with van der Waals surface area (Å²) in [6.07, 6.45) is 3.50. The average molecular weight is 431 g/mol. The van der Waals surface area contributed by atoms with Crippen molar-refractivity contribution in [1.82, 2.24) is 19.6 Å². The number of sulfonamides is 1. The first-order valence-corrected chi connectivity index (χ1v) is 10.9. The zero-order valence-electron chi connectivity index (χ0n) is 16.7. The summed E-state index contributed by atoms with van der Waals surface area (Å²) in [6, 6.07) is 10.7. The molecule has 1 heterocycles. The van der Waals surface area contributed by atoms with E-state index in [2.05, 4.69) is 15.0 Å². The zero-order valence-corrected chi connectivity index (χ0v) is 17.5. The first kappa shape index (κ1) is 21.7. The molecule has 3 rings (SSSR count). The summed E-state index contributed by atoms with van der Waals surface area (Å²) in [4.78, 5) is 16.6. The van der Waals surface area contributed by atoms with Crippen molar-refractivity contribution in [3.05, 3.63) is 65.7 Å². The van der Waals surface area contributed by atoms with Crippen molar-refractivity contribution < 1.29 is 17.6 Å². The Morgan fingerprint density at radius 1 is 1.20 bits per heavy atom. The Balaban J connectivity index is 1.55. The molecule has 3 aromatic rings. The molecule has 0 spiro atoms. The van der Waals surface area contributed by atoms with Gasteiger partial charge in [0.1, 0.15) is 11.6 Å². The van der Waals surface area contributed by atoms with Crippen molar-refractivity contribution in [2.75, 3.05) is 13.1 Å². The second kappa shape index (κ2) is 9.19. The van der Waals surface area contributed by atoms with E-state index in [4.69, 9.17) is 0 Å². The second-order valence-corrected chi connectivity index (χ2v) is 8.43. The van der Waals surface area contributed by atoms with Crippen LogP contribution in [-0.2, 0) is 28.3 Å². The monoisotopic (exact) mass is 430 g/mol. The van der Waals surface area contributed by atoms with Crippen LogP contribution in [0.1, 0.15) is 18.3 Å². The first-order valence-electron chi connectivity index (χ1n) is 9.46. The Labute approximate surface area is 174 Å². The maximum absolute atomic E-state index is 13.3. The molecule has 2 N–H and O–H groups in total. The van der Waals surface area contributed by atoms with E-state index in [-0.39, 0.29) is 16.6 Å². The van der Waals surface area contributed by atoms with Crippen molar-refractivity contribution in [2.24, 2.45) is 7.05 Å². The number of benzene rings is 2. The Morgan fingerprint density at radius 2 is 1.93 bits per heavy atom. The molecule has 0 saturated carbocycles. The summed E-state index contributed by atoms with van der Waals surface area (Å²) in [5.41, 5.74) is 2.12. The quantitative estimate of drug-likeness (QED) is 0.537. The van der Waals surface area contributed by atoms with E-state index < -0.39 is 10.0 Å². The lowest BCUT2D eigenvalue weighted by Crippen LogP contribution is -2.24. The highest BCUT2D eigenvalue weighted by atomic mass is 32.2. The molecule has 0 atom stereocenters. The van der Waals surface area contributed by atoms with E-state index in [0.29, 0.717) is 30.6 Å². The Bertz CT molecular complexity index is 1180. The van der Waals surface area contributed by atoms with Crippen molar-refractivity contribution in [3.8, 4) is 0 Å². The van der Waals surface area contributed by atoms with E-state index in [1.165, 1.54) is 30.3 Å². The standard InChI is InChI=1S/C21H23FN4O3S/c1-3-24-30(28,29)17-8-4-15(5-9-17)6-11-21(27)23-13-12-20-25-18-14-16(22)7-10-19(18)26(20)2/h4-11,14,24H,3,12-13H2,1-2H3,(H,23,27)/b11-6+. The molecular weight excluding hydrogens is 407 g/mol. The third-order valence-corrected chi connectivity index (χ3v) is 6.10. The number of hydrogen-bond donors (Lipinski definition) is 2. The van der Waals surface area contributed by atoms with Gasteiger partial charge >= 0.3 is 0 Å². The zero-order chi connectivity index (χ0) is 21.7. The van der Waals surface area contributed by atoms with E-state index >= 15 is 0 Å². The number of halogens is 1. The molecular formula is C21H23FN4O3S. The Morgan fingerprint density at radius 3 is 2.63 bits per heavy atom. The molecule has 0 saturated heterocycles. The molecule has 1 amide bonds. The normalized spacial score (nSPS) is 12.0. The van der Waals surface area contributed by atoms with Crippen molar-refractivity contribution in [2.45, 2.75) is 18.2 Å². The van der Waals surface area contributed by atoms with Crippen molar-refractivity contribution in [3.63, 3.8) is 0 Å². The van der Waals surface area contributed by atoms with Crippen LogP contribution in [0.15, 0.2) is 53.4 Å². The number of fused-ring (bicyclic) bond motifs is 1. The largest absolute Gasteiger partial charge is 0.352 e. The maximum Gasteiger partial charge on any atom is 0.244 e. The van der Waals surface area contributed by atoms with E-state index in [1.54, 1.807) is 31.2 Å². The van der Waals surface area contributed by atoms with Crippen LogP contribution in [-0.4, -0.2) is 37.0 Å². The fourth-order valence-corrected chi connectivity index (χ4v) is 4.05. The number of amides is 1. The van der Waals surface area contributed by atoms with Gasteiger partial charge in [-0.15, -0.1) is 0 Å². The summed E-state index contributed by atoms with van der Waals surface area (Å²) in [7, 11) is -1.64. The minimum atomic E-state index is -3.49. The number of rotatable bonds is 8. The minimum Gasteiger partial charge on any atom is -0.352 e. The highest BCUT2D eigenvalue weighted by Crippen LogP contribution is 2.16. The van der Waals surface area contributed by atoms with Crippen LogP contribution < -0.4 is 10.0 Å². The summed E-state index contributed by atoms with van der Waals surface area (Å²) >= 11 is 0. The number of hydrogen-bond acceptors (Lipinski definition) is 4. The number of carbonyl (C=O) groups is 1. The molecule has 0 bridgehead atoms. The van der Waals surface area contributed by atoms with Gasteiger partial charge in [-0.2, -0.15) is 0 Å². The van der Waals surface area contributed by atoms with Gasteiger partial charge in [-0.1, -0.05) is 19.1 Å². The highest BCUT2D eigenvalue weighted by Gasteiger charge is 2.11. The number of imidazole rings is 1. The number of aryl methyl sites for hydroxylation is 1. The third kappa shape index (κ3) is 5.11. The molecule has 9 heteroatoms. The van der Waals surface area contributed by atoms with Gasteiger partial charge in [0.05, 0.1) is 15.9 Å². The molecule has 0 unspecified atom stereocenters. The summed E-state index contributed by atoms with van der Waals surface area (Å²) in [5.74, 6) is 0.138. The fourth-order valence-electron chi connectivity index (χ4n) is 3.01. The molecule has 0 aliphatic heterocycles. The van der Waals surface area contributed by atoms with Crippen LogP contribution in [0.2, 0.25) is 0 Å². The molecule has 0 fully saturated rings. The smallest absolute Gasteiger partial charge is 0.244 e. The van der Waals surface area contributed by atoms with Crippen LogP contribution >= 0.6 is 0 Å². The van der Waals surface area contributed by atoms with E-state index in [9.17, 15) is 17.6 Å². The number of nitrogens with one attached hydrogen (secondary N) is 2. The van der Waals surface area contributed by atoms with Crippen LogP contribution in [0.25, 0.3) is 17.1 Å². The lowest BCUT2D eigenvalue weighted by molar-refractivity contribution is -0.116. The summed E-state index contributed by atoms with van der Waals surface area (Å²) in [5, 5.41) is 2.78. The molecule has 2 aromatic carbocycles.